The molecule has 0 heterocycles. The Kier molecular flexibility index (Phi) is 11.4. The summed E-state index contributed by atoms with van der Waals surface area (Å²) in [5.41, 5.74) is 7.58. The number of anilines is 1. The van der Waals surface area contributed by atoms with E-state index >= 15 is 0 Å². The highest BCUT2D eigenvalue weighted by Gasteiger charge is 2.03. The predicted molar refractivity (Wildman–Crippen MR) is 114 cm³/mol. The lowest BCUT2D eigenvalue weighted by Gasteiger charge is -2.07. The molecule has 0 saturated heterocycles. The maximum atomic E-state index is 11.6. The average molecular weight is 384 g/mol. The minimum atomic E-state index is -0.115. The van der Waals surface area contributed by atoms with Gasteiger partial charge in [-0.25, -0.2) is 0 Å². The molecule has 0 atom stereocenters. The molecule has 0 bridgehead atoms. The van der Waals surface area contributed by atoms with Crippen molar-refractivity contribution >= 4 is 23.4 Å². The molecular weight excluding hydrogens is 356 g/mol. The Hall–Kier alpha value is -3.16. The highest BCUT2D eigenvalue weighted by Crippen LogP contribution is 2.15. The van der Waals surface area contributed by atoms with Gasteiger partial charge in [0, 0.05) is 37.3 Å². The van der Waals surface area contributed by atoms with Crippen molar-refractivity contribution in [3.63, 3.8) is 0 Å². The van der Waals surface area contributed by atoms with E-state index in [4.69, 9.17) is 20.6 Å². The molecule has 0 aliphatic heterocycles. The number of para-hydroxylation sites is 1. The van der Waals surface area contributed by atoms with Crippen LogP contribution in [0.15, 0.2) is 60.8 Å². The van der Waals surface area contributed by atoms with Crippen LogP contribution in [0, 0.1) is 5.41 Å². The average Bonchev–Trinajstić information content (AvgIpc) is 2.74. The zero-order valence-corrected chi connectivity index (χ0v) is 16.3. The monoisotopic (exact) mass is 384 g/mol. The molecule has 0 spiro atoms. The van der Waals surface area contributed by atoms with Crippen molar-refractivity contribution in [2.75, 3.05) is 39.2 Å². The van der Waals surface area contributed by atoms with Crippen molar-refractivity contribution in [1.29, 1.82) is 5.41 Å². The summed E-state index contributed by atoms with van der Waals surface area (Å²) in [5, 5.41) is 12.9. The molecule has 1 amide bonds. The first-order valence-corrected chi connectivity index (χ1v) is 8.76. The van der Waals surface area contributed by atoms with Crippen LogP contribution >= 0.6 is 0 Å². The van der Waals surface area contributed by atoms with Crippen molar-refractivity contribution in [3.05, 3.63) is 66.4 Å². The Morgan fingerprint density at radius 1 is 1.11 bits per heavy atom. The molecule has 150 valence electrons. The summed E-state index contributed by atoms with van der Waals surface area (Å²) < 4.78 is 9.78. The molecule has 0 saturated carbocycles. The van der Waals surface area contributed by atoms with Crippen LogP contribution in [-0.2, 0) is 9.53 Å². The van der Waals surface area contributed by atoms with E-state index < -0.39 is 0 Å². The van der Waals surface area contributed by atoms with E-state index in [1.54, 1.807) is 38.5 Å². The summed E-state index contributed by atoms with van der Waals surface area (Å²) in [6, 6.07) is 16.8. The molecule has 28 heavy (non-hydrogen) atoms. The van der Waals surface area contributed by atoms with Gasteiger partial charge in [-0.3, -0.25) is 4.79 Å². The smallest absolute Gasteiger partial charge is 0.238 e. The third-order valence-corrected chi connectivity index (χ3v) is 3.58. The van der Waals surface area contributed by atoms with Crippen molar-refractivity contribution in [2.45, 2.75) is 0 Å². The summed E-state index contributed by atoms with van der Waals surface area (Å²) in [5.74, 6) is 0.794. The molecule has 0 fully saturated rings. The van der Waals surface area contributed by atoms with Gasteiger partial charge in [0.15, 0.2) is 0 Å². The van der Waals surface area contributed by atoms with Gasteiger partial charge in [-0.15, -0.1) is 0 Å². The van der Waals surface area contributed by atoms with E-state index in [0.29, 0.717) is 24.4 Å². The lowest BCUT2D eigenvalue weighted by atomic mass is 10.1. The summed E-state index contributed by atoms with van der Waals surface area (Å²) >= 11 is 0. The minimum absolute atomic E-state index is 0.115. The number of carbonyl (C=O) groups is 1. The second-order valence-corrected chi connectivity index (χ2v) is 5.58. The van der Waals surface area contributed by atoms with E-state index in [9.17, 15) is 4.79 Å². The highest BCUT2D eigenvalue weighted by atomic mass is 16.5. The number of hydrogen-bond acceptors (Lipinski definition) is 6. The number of benzene rings is 2. The van der Waals surface area contributed by atoms with Crippen molar-refractivity contribution < 1.29 is 14.3 Å². The summed E-state index contributed by atoms with van der Waals surface area (Å²) in [6.45, 7) is 1.44. The SMILES string of the molecule is COCCNCC(=O)Nc1ccc(/C(C=N)=C/N)cc1.COc1ccccc1. The maximum Gasteiger partial charge on any atom is 0.238 e. The van der Waals surface area contributed by atoms with E-state index in [2.05, 4.69) is 10.6 Å². The molecule has 7 nitrogen and oxygen atoms in total. The fourth-order valence-electron chi connectivity index (χ4n) is 2.11. The number of hydrogen-bond donors (Lipinski definition) is 4. The molecule has 2 rings (SSSR count). The van der Waals surface area contributed by atoms with Gasteiger partial charge in [0.2, 0.25) is 5.91 Å². The second-order valence-electron chi connectivity index (χ2n) is 5.58. The molecule has 7 heteroatoms. The van der Waals surface area contributed by atoms with Gasteiger partial charge in [-0.2, -0.15) is 0 Å². The quantitative estimate of drug-likeness (QED) is 0.392. The Morgan fingerprint density at radius 3 is 2.29 bits per heavy atom. The maximum absolute atomic E-state index is 11.6. The number of carbonyl (C=O) groups excluding carboxylic acids is 1. The Morgan fingerprint density at radius 2 is 1.79 bits per heavy atom. The molecule has 0 aliphatic rings. The second kappa shape index (κ2) is 14.0. The Bertz CT molecular complexity index is 731. The predicted octanol–water partition coefficient (Wildman–Crippen LogP) is 2.51. The summed E-state index contributed by atoms with van der Waals surface area (Å²) in [6.07, 6.45) is 2.56. The summed E-state index contributed by atoms with van der Waals surface area (Å²) in [4.78, 5) is 11.6. The number of methoxy groups -OCH3 is 2. The van der Waals surface area contributed by atoms with Crippen LogP contribution < -0.4 is 21.1 Å². The molecule has 5 N–H and O–H groups in total. The first-order valence-electron chi connectivity index (χ1n) is 8.76. The molecule has 0 unspecified atom stereocenters. The Labute approximate surface area is 166 Å². The standard InChI is InChI=1S/C14H20N4O2.C7H8O/c1-20-7-6-17-10-14(19)18-13-4-2-11(3-5-13)12(8-15)9-16;1-8-7-5-3-2-4-6-7/h2-5,8-9,15,17H,6-7,10,16H2,1H3,(H,18,19);2-6H,1H3/b12-9+,15-8?;. The van der Waals surface area contributed by atoms with Crippen molar-refractivity contribution in [1.82, 2.24) is 5.32 Å². The number of rotatable bonds is 9. The number of nitrogens with two attached hydrogens (primary N) is 1. The van der Waals surface area contributed by atoms with Gasteiger partial charge in [0.1, 0.15) is 5.75 Å². The van der Waals surface area contributed by atoms with Gasteiger partial charge < -0.3 is 31.3 Å². The Balaban J connectivity index is 0.000000406. The normalized spacial score (nSPS) is 10.4. The molecule has 0 aromatic heterocycles. The van der Waals surface area contributed by atoms with Crippen LogP contribution in [0.3, 0.4) is 0 Å². The van der Waals surface area contributed by atoms with Crippen LogP contribution in [0.25, 0.3) is 5.57 Å². The van der Waals surface area contributed by atoms with Crippen LogP contribution in [0.2, 0.25) is 0 Å². The molecule has 0 aliphatic carbocycles. The number of ether oxygens (including phenoxy) is 2. The van der Waals surface area contributed by atoms with Crippen LogP contribution in [0.5, 0.6) is 5.75 Å². The summed E-state index contributed by atoms with van der Waals surface area (Å²) in [7, 11) is 3.27. The molecule has 2 aromatic carbocycles. The number of nitrogens with one attached hydrogen (secondary N) is 3. The van der Waals surface area contributed by atoms with E-state index in [1.165, 1.54) is 12.4 Å². The van der Waals surface area contributed by atoms with Crippen molar-refractivity contribution in [3.8, 4) is 5.75 Å². The largest absolute Gasteiger partial charge is 0.497 e. The van der Waals surface area contributed by atoms with E-state index in [1.807, 2.05) is 30.3 Å². The lowest BCUT2D eigenvalue weighted by molar-refractivity contribution is -0.115. The fourth-order valence-corrected chi connectivity index (χ4v) is 2.11. The van der Waals surface area contributed by atoms with Gasteiger partial charge in [-0.1, -0.05) is 30.3 Å². The van der Waals surface area contributed by atoms with Crippen molar-refractivity contribution in [2.24, 2.45) is 5.73 Å². The van der Waals surface area contributed by atoms with Gasteiger partial charge in [0.25, 0.3) is 0 Å². The minimum Gasteiger partial charge on any atom is -0.497 e. The topological polar surface area (TPSA) is 109 Å². The van der Waals surface area contributed by atoms with Gasteiger partial charge >= 0.3 is 0 Å². The fraction of sp³-hybridized carbons (Fsp3) is 0.238. The molecular formula is C21H28N4O3. The van der Waals surface area contributed by atoms with Crippen LogP contribution in [0.4, 0.5) is 5.69 Å². The highest BCUT2D eigenvalue weighted by molar-refractivity contribution is 6.08. The lowest BCUT2D eigenvalue weighted by Crippen LogP contribution is -2.30. The van der Waals surface area contributed by atoms with E-state index in [0.717, 1.165) is 11.3 Å². The number of amides is 1. The zero-order chi connectivity index (χ0) is 20.6. The molecule has 2 aromatic rings. The van der Waals surface area contributed by atoms with E-state index in [-0.39, 0.29) is 12.5 Å². The third-order valence-electron chi connectivity index (χ3n) is 3.58. The van der Waals surface area contributed by atoms with Crippen LogP contribution in [-0.4, -0.2) is 46.0 Å². The van der Waals surface area contributed by atoms with Gasteiger partial charge in [0.05, 0.1) is 20.3 Å². The zero-order valence-electron chi connectivity index (χ0n) is 16.3. The first-order chi connectivity index (χ1) is 13.6. The molecule has 0 radical (unpaired) electrons. The number of allylic oxidation sites excluding steroid dienone is 1. The van der Waals surface area contributed by atoms with Gasteiger partial charge in [-0.05, 0) is 29.8 Å². The third kappa shape index (κ3) is 8.98. The first kappa shape index (κ1) is 22.9. The van der Waals surface area contributed by atoms with Crippen LogP contribution in [0.1, 0.15) is 5.56 Å².